The molecular weight excluding hydrogens is 262 g/mol. The molecule has 0 aliphatic rings. The van der Waals surface area contributed by atoms with Crippen LogP contribution in [0.5, 0.6) is 0 Å². The highest BCUT2D eigenvalue weighted by molar-refractivity contribution is 5.89. The molecule has 1 rings (SSSR count). The van der Waals surface area contributed by atoms with Crippen LogP contribution in [0.2, 0.25) is 0 Å². The first-order valence-electron chi connectivity index (χ1n) is 8.11. The lowest BCUT2D eigenvalue weighted by Gasteiger charge is -2.24. The largest absolute Gasteiger partial charge is 0.371 e. The second-order valence-corrected chi connectivity index (χ2v) is 5.27. The zero-order valence-electron chi connectivity index (χ0n) is 13.6. The molecule has 1 aromatic rings. The van der Waals surface area contributed by atoms with Crippen molar-refractivity contribution in [3.05, 3.63) is 24.3 Å². The van der Waals surface area contributed by atoms with Crippen molar-refractivity contribution < 1.29 is 4.79 Å². The second-order valence-electron chi connectivity index (χ2n) is 5.27. The van der Waals surface area contributed by atoms with Crippen molar-refractivity contribution in [1.82, 2.24) is 5.32 Å². The van der Waals surface area contributed by atoms with Crippen molar-refractivity contribution in [3.8, 4) is 0 Å². The lowest BCUT2D eigenvalue weighted by Crippen LogP contribution is -2.29. The maximum atomic E-state index is 11.8. The number of carbonyl (C=O) groups is 1. The molecule has 0 atom stereocenters. The van der Waals surface area contributed by atoms with E-state index < -0.39 is 0 Å². The smallest absolute Gasteiger partial charge is 0.319 e. The van der Waals surface area contributed by atoms with Crippen LogP contribution in [0.25, 0.3) is 0 Å². The standard InChI is InChI=1S/C17H29N3O/c1-4-7-11-18-17(21)19-15-9-8-10-16(14-15)20(12-5-2)13-6-3/h8-10,14H,4-7,11-13H2,1-3H3,(H2,18,19,21). The molecule has 0 fully saturated rings. The minimum absolute atomic E-state index is 0.127. The Kier molecular flexibility index (Phi) is 8.32. The van der Waals surface area contributed by atoms with Crippen LogP contribution in [0.15, 0.2) is 24.3 Å². The van der Waals surface area contributed by atoms with E-state index in [9.17, 15) is 4.79 Å². The number of anilines is 2. The summed E-state index contributed by atoms with van der Waals surface area (Å²) in [6.45, 7) is 9.29. The van der Waals surface area contributed by atoms with E-state index in [4.69, 9.17) is 0 Å². The lowest BCUT2D eigenvalue weighted by molar-refractivity contribution is 0.252. The van der Waals surface area contributed by atoms with Crippen LogP contribution < -0.4 is 15.5 Å². The fourth-order valence-electron chi connectivity index (χ4n) is 2.24. The minimum atomic E-state index is -0.127. The van der Waals surface area contributed by atoms with Crippen molar-refractivity contribution >= 4 is 17.4 Å². The van der Waals surface area contributed by atoms with E-state index >= 15 is 0 Å². The topological polar surface area (TPSA) is 44.4 Å². The summed E-state index contributed by atoms with van der Waals surface area (Å²) in [5.74, 6) is 0. The van der Waals surface area contributed by atoms with Crippen LogP contribution in [-0.4, -0.2) is 25.7 Å². The van der Waals surface area contributed by atoms with Gasteiger partial charge in [0.25, 0.3) is 0 Å². The van der Waals surface area contributed by atoms with Gasteiger partial charge in [-0.05, 0) is 37.5 Å². The van der Waals surface area contributed by atoms with Gasteiger partial charge in [-0.15, -0.1) is 0 Å². The highest BCUT2D eigenvalue weighted by Crippen LogP contribution is 2.20. The molecule has 2 amide bonds. The number of amides is 2. The molecule has 4 heteroatoms. The molecular formula is C17H29N3O. The van der Waals surface area contributed by atoms with Gasteiger partial charge in [-0.3, -0.25) is 0 Å². The van der Waals surface area contributed by atoms with Crippen LogP contribution in [-0.2, 0) is 0 Å². The number of nitrogens with zero attached hydrogens (tertiary/aromatic N) is 1. The highest BCUT2D eigenvalue weighted by atomic mass is 16.2. The molecule has 4 nitrogen and oxygen atoms in total. The monoisotopic (exact) mass is 291 g/mol. The molecule has 0 unspecified atom stereocenters. The van der Waals surface area contributed by atoms with Gasteiger partial charge in [0.05, 0.1) is 0 Å². The molecule has 0 aliphatic carbocycles. The third-order valence-corrected chi connectivity index (χ3v) is 3.27. The Hall–Kier alpha value is -1.71. The molecule has 0 radical (unpaired) electrons. The zero-order valence-corrected chi connectivity index (χ0v) is 13.6. The summed E-state index contributed by atoms with van der Waals surface area (Å²) >= 11 is 0. The number of rotatable bonds is 9. The summed E-state index contributed by atoms with van der Waals surface area (Å²) in [6, 6.07) is 7.95. The molecule has 0 saturated heterocycles. The Morgan fingerprint density at radius 2 is 1.81 bits per heavy atom. The molecule has 0 saturated carbocycles. The van der Waals surface area contributed by atoms with Crippen LogP contribution >= 0.6 is 0 Å². The molecule has 1 aromatic carbocycles. The van der Waals surface area contributed by atoms with E-state index in [1.54, 1.807) is 0 Å². The average Bonchev–Trinajstić information content (AvgIpc) is 2.47. The number of carbonyl (C=O) groups excluding carboxylic acids is 1. The van der Waals surface area contributed by atoms with Crippen molar-refractivity contribution in [1.29, 1.82) is 0 Å². The molecule has 0 heterocycles. The number of benzene rings is 1. The third-order valence-electron chi connectivity index (χ3n) is 3.27. The SMILES string of the molecule is CCCCNC(=O)Nc1cccc(N(CCC)CCC)c1. The van der Waals surface area contributed by atoms with Crippen LogP contribution in [0, 0.1) is 0 Å². The van der Waals surface area contributed by atoms with Gasteiger partial charge in [0.1, 0.15) is 0 Å². The number of urea groups is 1. The van der Waals surface area contributed by atoms with Crippen molar-refractivity contribution in [2.75, 3.05) is 29.9 Å². The van der Waals surface area contributed by atoms with Crippen molar-refractivity contribution in [2.24, 2.45) is 0 Å². The highest BCUT2D eigenvalue weighted by Gasteiger charge is 2.06. The second kappa shape index (κ2) is 10.1. The first-order chi connectivity index (χ1) is 10.2. The maximum Gasteiger partial charge on any atom is 0.319 e. The van der Waals surface area contributed by atoms with Crippen LogP contribution in [0.1, 0.15) is 46.5 Å². The van der Waals surface area contributed by atoms with E-state index in [0.717, 1.165) is 51.0 Å². The zero-order chi connectivity index (χ0) is 15.5. The van der Waals surface area contributed by atoms with Crippen LogP contribution in [0.4, 0.5) is 16.2 Å². The average molecular weight is 291 g/mol. The van der Waals surface area contributed by atoms with Crippen LogP contribution in [0.3, 0.4) is 0 Å². The first kappa shape index (κ1) is 17.3. The predicted octanol–water partition coefficient (Wildman–Crippen LogP) is 4.23. The summed E-state index contributed by atoms with van der Waals surface area (Å²) in [5.41, 5.74) is 2.02. The summed E-state index contributed by atoms with van der Waals surface area (Å²) in [5, 5.41) is 5.77. The summed E-state index contributed by atoms with van der Waals surface area (Å²) in [6.07, 6.45) is 4.33. The molecule has 2 N–H and O–H groups in total. The third kappa shape index (κ3) is 6.52. The van der Waals surface area contributed by atoms with Gasteiger partial charge in [-0.2, -0.15) is 0 Å². The number of hydrogen-bond acceptors (Lipinski definition) is 2. The summed E-state index contributed by atoms with van der Waals surface area (Å²) < 4.78 is 0. The summed E-state index contributed by atoms with van der Waals surface area (Å²) in [7, 11) is 0. The van der Waals surface area contributed by atoms with E-state index in [2.05, 4.69) is 42.4 Å². The van der Waals surface area contributed by atoms with Gasteiger partial charge in [0.2, 0.25) is 0 Å². The first-order valence-corrected chi connectivity index (χ1v) is 8.11. The molecule has 0 spiro atoms. The van der Waals surface area contributed by atoms with Gasteiger partial charge >= 0.3 is 6.03 Å². The van der Waals surface area contributed by atoms with E-state index in [1.165, 1.54) is 5.69 Å². The van der Waals surface area contributed by atoms with Crippen molar-refractivity contribution in [2.45, 2.75) is 46.5 Å². The summed E-state index contributed by atoms with van der Waals surface area (Å²) in [4.78, 5) is 14.1. The molecule has 0 aromatic heterocycles. The lowest BCUT2D eigenvalue weighted by atomic mass is 10.2. The number of unbranched alkanes of at least 4 members (excludes halogenated alkanes) is 1. The fourth-order valence-corrected chi connectivity index (χ4v) is 2.24. The molecule has 21 heavy (non-hydrogen) atoms. The normalized spacial score (nSPS) is 10.2. The van der Waals surface area contributed by atoms with Crippen molar-refractivity contribution in [3.63, 3.8) is 0 Å². The minimum Gasteiger partial charge on any atom is -0.371 e. The van der Waals surface area contributed by atoms with Gasteiger partial charge in [-0.1, -0.05) is 33.3 Å². The Bertz CT molecular complexity index is 414. The van der Waals surface area contributed by atoms with E-state index in [1.807, 2.05) is 18.2 Å². The molecule has 0 aliphatic heterocycles. The Labute approximate surface area is 128 Å². The number of hydrogen-bond donors (Lipinski definition) is 2. The quantitative estimate of drug-likeness (QED) is 0.669. The molecule has 118 valence electrons. The van der Waals surface area contributed by atoms with E-state index in [0.29, 0.717) is 0 Å². The van der Waals surface area contributed by atoms with Gasteiger partial charge < -0.3 is 15.5 Å². The molecule has 0 bridgehead atoms. The maximum absolute atomic E-state index is 11.8. The Morgan fingerprint density at radius 3 is 2.43 bits per heavy atom. The van der Waals surface area contributed by atoms with Gasteiger partial charge in [-0.25, -0.2) is 4.79 Å². The van der Waals surface area contributed by atoms with Gasteiger partial charge in [0.15, 0.2) is 0 Å². The predicted molar refractivity (Wildman–Crippen MR) is 91.2 cm³/mol. The Balaban J connectivity index is 2.64. The van der Waals surface area contributed by atoms with E-state index in [-0.39, 0.29) is 6.03 Å². The van der Waals surface area contributed by atoms with Gasteiger partial charge in [0, 0.05) is 31.0 Å². The fraction of sp³-hybridized carbons (Fsp3) is 0.588. The Morgan fingerprint density at radius 1 is 1.10 bits per heavy atom. The number of nitrogens with one attached hydrogen (secondary N) is 2.